The summed E-state index contributed by atoms with van der Waals surface area (Å²) in [6, 6.07) is 6.97. The van der Waals surface area contributed by atoms with Crippen molar-refractivity contribution in [3.63, 3.8) is 0 Å². The van der Waals surface area contributed by atoms with Crippen LogP contribution >= 0.6 is 0 Å². The predicted octanol–water partition coefficient (Wildman–Crippen LogP) is 1.44. The lowest BCUT2D eigenvalue weighted by Crippen LogP contribution is -2.70. The van der Waals surface area contributed by atoms with E-state index in [9.17, 15) is 14.4 Å². The molecule has 2 atom stereocenters. The van der Waals surface area contributed by atoms with E-state index in [1.54, 1.807) is 71.9 Å². The summed E-state index contributed by atoms with van der Waals surface area (Å²) in [6.45, 7) is 9.51. The molecule has 0 fully saturated rings. The SMILES string of the molecule is CC(C)(C)OC(=O)C(N)C(N)(C(=O)OCc1ccccc1)C(=O)OC(C)(C)C. The molecule has 2 unspecified atom stereocenters. The minimum atomic E-state index is -2.57. The van der Waals surface area contributed by atoms with Gasteiger partial charge in [-0.1, -0.05) is 30.3 Å². The minimum Gasteiger partial charge on any atom is -0.459 e. The molecule has 0 aliphatic carbocycles. The van der Waals surface area contributed by atoms with Crippen molar-refractivity contribution < 1.29 is 28.6 Å². The number of benzene rings is 1. The lowest BCUT2D eigenvalue weighted by atomic mass is 9.91. The number of ether oxygens (including phenoxy) is 3. The molecule has 0 aromatic heterocycles. The molecule has 0 amide bonds. The Kier molecular flexibility index (Phi) is 7.33. The predicted molar refractivity (Wildman–Crippen MR) is 103 cm³/mol. The van der Waals surface area contributed by atoms with E-state index >= 15 is 0 Å². The Morgan fingerprint density at radius 3 is 1.86 bits per heavy atom. The number of hydrogen-bond donors (Lipinski definition) is 2. The Morgan fingerprint density at radius 1 is 0.893 bits per heavy atom. The van der Waals surface area contributed by atoms with Crippen molar-refractivity contribution in [3.8, 4) is 0 Å². The van der Waals surface area contributed by atoms with Gasteiger partial charge < -0.3 is 25.7 Å². The van der Waals surface area contributed by atoms with Gasteiger partial charge in [-0.05, 0) is 47.1 Å². The van der Waals surface area contributed by atoms with Crippen LogP contribution in [0.2, 0.25) is 0 Å². The van der Waals surface area contributed by atoms with Crippen molar-refractivity contribution >= 4 is 17.9 Å². The summed E-state index contributed by atoms with van der Waals surface area (Å²) in [4.78, 5) is 37.9. The van der Waals surface area contributed by atoms with E-state index in [1.807, 2.05) is 0 Å². The summed E-state index contributed by atoms with van der Waals surface area (Å²) in [5, 5.41) is 0. The third-order valence-electron chi connectivity index (χ3n) is 3.44. The van der Waals surface area contributed by atoms with Gasteiger partial charge in [0.15, 0.2) is 0 Å². The molecule has 0 heterocycles. The first-order valence-electron chi connectivity index (χ1n) is 8.89. The first-order valence-corrected chi connectivity index (χ1v) is 8.89. The third kappa shape index (κ3) is 6.61. The van der Waals surface area contributed by atoms with Gasteiger partial charge in [-0.3, -0.25) is 4.79 Å². The zero-order valence-corrected chi connectivity index (χ0v) is 17.3. The van der Waals surface area contributed by atoms with Crippen LogP contribution in [0.3, 0.4) is 0 Å². The first kappa shape index (κ1) is 23.6. The van der Waals surface area contributed by atoms with Crippen molar-refractivity contribution in [3.05, 3.63) is 35.9 Å². The van der Waals surface area contributed by atoms with Crippen LogP contribution in [-0.4, -0.2) is 40.7 Å². The summed E-state index contributed by atoms with van der Waals surface area (Å²) in [5.41, 5.74) is 8.19. The second-order valence-corrected chi connectivity index (χ2v) is 8.44. The monoisotopic (exact) mass is 394 g/mol. The molecule has 0 spiro atoms. The third-order valence-corrected chi connectivity index (χ3v) is 3.44. The zero-order valence-electron chi connectivity index (χ0n) is 17.3. The summed E-state index contributed by atoms with van der Waals surface area (Å²) in [7, 11) is 0. The maximum absolute atomic E-state index is 12.7. The van der Waals surface area contributed by atoms with Crippen LogP contribution in [0.5, 0.6) is 0 Å². The van der Waals surface area contributed by atoms with Crippen LogP contribution in [0.15, 0.2) is 30.3 Å². The maximum atomic E-state index is 12.7. The minimum absolute atomic E-state index is 0.150. The molecule has 4 N–H and O–H groups in total. The van der Waals surface area contributed by atoms with E-state index in [0.717, 1.165) is 0 Å². The molecule has 0 aliphatic rings. The smallest absolute Gasteiger partial charge is 0.340 e. The Hall–Kier alpha value is -2.45. The summed E-state index contributed by atoms with van der Waals surface area (Å²) < 4.78 is 15.6. The number of nitrogens with two attached hydrogens (primary N) is 2. The van der Waals surface area contributed by atoms with Crippen LogP contribution in [0.1, 0.15) is 47.1 Å². The van der Waals surface area contributed by atoms with Gasteiger partial charge in [0.1, 0.15) is 23.9 Å². The van der Waals surface area contributed by atoms with Gasteiger partial charge in [0.05, 0.1) is 0 Å². The fourth-order valence-electron chi connectivity index (χ4n) is 2.09. The number of carbonyl (C=O) groups excluding carboxylic acids is 3. The summed E-state index contributed by atoms with van der Waals surface area (Å²) in [6.07, 6.45) is 0. The molecule has 0 aliphatic heterocycles. The summed E-state index contributed by atoms with van der Waals surface area (Å²) in [5.74, 6) is -3.36. The molecule has 8 nitrogen and oxygen atoms in total. The largest absolute Gasteiger partial charge is 0.459 e. The van der Waals surface area contributed by atoms with Crippen molar-refractivity contribution in [1.29, 1.82) is 0 Å². The van der Waals surface area contributed by atoms with Gasteiger partial charge in [0.2, 0.25) is 5.54 Å². The highest BCUT2D eigenvalue weighted by Crippen LogP contribution is 2.20. The Bertz CT molecular complexity index is 706. The van der Waals surface area contributed by atoms with Crippen LogP contribution < -0.4 is 11.5 Å². The quantitative estimate of drug-likeness (QED) is 0.421. The highest BCUT2D eigenvalue weighted by Gasteiger charge is 2.55. The molecule has 1 aromatic rings. The van der Waals surface area contributed by atoms with E-state index in [4.69, 9.17) is 25.7 Å². The molecular formula is C20H30N2O6. The van der Waals surface area contributed by atoms with Crippen LogP contribution in [0.25, 0.3) is 0 Å². The number of rotatable bonds is 6. The molecule has 0 radical (unpaired) electrons. The Labute approximate surface area is 165 Å². The Morgan fingerprint density at radius 2 is 1.39 bits per heavy atom. The standard InChI is InChI=1S/C20H30N2O6/c1-18(2,3)27-15(23)14(21)20(22,17(25)28-19(4,5)6)16(24)26-12-13-10-8-7-9-11-13/h7-11,14H,12,21-22H2,1-6H3. The number of hydrogen-bond acceptors (Lipinski definition) is 8. The zero-order chi connectivity index (χ0) is 21.8. The average Bonchev–Trinajstić information content (AvgIpc) is 2.56. The lowest BCUT2D eigenvalue weighted by molar-refractivity contribution is -0.179. The van der Waals surface area contributed by atoms with E-state index in [1.165, 1.54) is 0 Å². The van der Waals surface area contributed by atoms with Crippen molar-refractivity contribution in [1.82, 2.24) is 0 Å². The van der Waals surface area contributed by atoms with Crippen LogP contribution in [-0.2, 0) is 35.2 Å². The van der Waals surface area contributed by atoms with Crippen molar-refractivity contribution in [2.24, 2.45) is 11.5 Å². The van der Waals surface area contributed by atoms with Gasteiger partial charge in [0.25, 0.3) is 0 Å². The molecule has 0 saturated heterocycles. The molecule has 1 aromatic carbocycles. The highest BCUT2D eigenvalue weighted by molar-refractivity contribution is 6.10. The second-order valence-electron chi connectivity index (χ2n) is 8.44. The first-order chi connectivity index (χ1) is 12.7. The number of esters is 3. The average molecular weight is 394 g/mol. The number of carbonyl (C=O) groups is 3. The maximum Gasteiger partial charge on any atom is 0.340 e. The topological polar surface area (TPSA) is 131 Å². The van der Waals surface area contributed by atoms with E-state index < -0.39 is 40.7 Å². The van der Waals surface area contributed by atoms with Gasteiger partial charge in [-0.25, -0.2) is 9.59 Å². The fourth-order valence-corrected chi connectivity index (χ4v) is 2.09. The summed E-state index contributed by atoms with van der Waals surface area (Å²) >= 11 is 0. The second kappa shape index (κ2) is 8.70. The van der Waals surface area contributed by atoms with E-state index in [0.29, 0.717) is 5.56 Å². The van der Waals surface area contributed by atoms with E-state index in [2.05, 4.69) is 0 Å². The van der Waals surface area contributed by atoms with Gasteiger partial charge >= 0.3 is 17.9 Å². The van der Waals surface area contributed by atoms with Crippen molar-refractivity contribution in [2.45, 2.75) is 70.9 Å². The van der Waals surface area contributed by atoms with Crippen LogP contribution in [0.4, 0.5) is 0 Å². The van der Waals surface area contributed by atoms with Gasteiger partial charge in [0, 0.05) is 0 Å². The molecule has 8 heteroatoms. The van der Waals surface area contributed by atoms with Crippen molar-refractivity contribution in [2.75, 3.05) is 0 Å². The molecule has 0 bridgehead atoms. The van der Waals surface area contributed by atoms with E-state index in [-0.39, 0.29) is 6.61 Å². The van der Waals surface area contributed by atoms with Gasteiger partial charge in [-0.15, -0.1) is 0 Å². The highest BCUT2D eigenvalue weighted by atomic mass is 16.6. The molecule has 156 valence electrons. The lowest BCUT2D eigenvalue weighted by Gasteiger charge is -2.33. The normalized spacial score (nSPS) is 15.1. The van der Waals surface area contributed by atoms with Gasteiger partial charge in [-0.2, -0.15) is 0 Å². The molecule has 0 saturated carbocycles. The Balaban J connectivity index is 3.13. The molecular weight excluding hydrogens is 364 g/mol. The van der Waals surface area contributed by atoms with Crippen LogP contribution in [0, 0.1) is 0 Å². The molecule has 1 rings (SSSR count). The fraction of sp³-hybridized carbons (Fsp3) is 0.550. The molecule has 28 heavy (non-hydrogen) atoms.